The first kappa shape index (κ1) is 23.5. The molecule has 1 aliphatic carbocycles. The van der Waals surface area contributed by atoms with Gasteiger partial charge in [-0.15, -0.1) is 13.2 Å². The Balaban J connectivity index is 1.73. The van der Waals surface area contributed by atoms with E-state index in [-0.39, 0.29) is 18.4 Å². The lowest BCUT2D eigenvalue weighted by atomic mass is 9.79. The van der Waals surface area contributed by atoms with Crippen molar-refractivity contribution in [1.82, 2.24) is 0 Å². The summed E-state index contributed by atoms with van der Waals surface area (Å²) in [6.45, 7) is 2.12. The second kappa shape index (κ2) is 9.96. The number of halogens is 6. The lowest BCUT2D eigenvalue weighted by Crippen LogP contribution is -2.20. The van der Waals surface area contributed by atoms with Gasteiger partial charge in [-0.25, -0.2) is 13.2 Å². The number of ether oxygens (including phenoxy) is 1. The second-order valence-corrected chi connectivity index (χ2v) is 8.18. The average molecular weight is 444 g/mol. The number of aryl methyl sites for hydroxylation is 2. The second-order valence-electron chi connectivity index (χ2n) is 8.18. The number of benzene rings is 2. The van der Waals surface area contributed by atoms with Gasteiger partial charge < -0.3 is 4.74 Å². The lowest BCUT2D eigenvalue weighted by Gasteiger charge is -2.26. The third kappa shape index (κ3) is 6.17. The van der Waals surface area contributed by atoms with Crippen molar-refractivity contribution in [3.8, 4) is 5.75 Å². The van der Waals surface area contributed by atoms with Crippen LogP contribution in [0, 0.1) is 17.5 Å². The molecule has 0 bridgehead atoms. The molecule has 0 aromatic heterocycles. The van der Waals surface area contributed by atoms with Crippen molar-refractivity contribution in [3.05, 3.63) is 64.0 Å². The Morgan fingerprint density at radius 3 is 2.19 bits per heavy atom. The largest absolute Gasteiger partial charge is 0.573 e. The number of fused-ring (bicyclic) bond motifs is 1. The molecule has 0 N–H and O–H groups in total. The Morgan fingerprint density at radius 2 is 1.55 bits per heavy atom. The third-order valence-corrected chi connectivity index (χ3v) is 5.82. The van der Waals surface area contributed by atoms with Gasteiger partial charge in [-0.3, -0.25) is 0 Å². The lowest BCUT2D eigenvalue weighted by molar-refractivity contribution is -0.275. The van der Waals surface area contributed by atoms with E-state index >= 15 is 0 Å². The predicted molar refractivity (Wildman–Crippen MR) is 107 cm³/mol. The fraction of sp³-hybridized carbons (Fsp3) is 0.500. The predicted octanol–water partition coefficient (Wildman–Crippen LogP) is 7.79. The Morgan fingerprint density at radius 1 is 0.871 bits per heavy atom. The van der Waals surface area contributed by atoms with Crippen LogP contribution in [0.3, 0.4) is 0 Å². The molecule has 1 atom stereocenters. The Kier molecular flexibility index (Phi) is 7.55. The molecule has 1 unspecified atom stereocenters. The molecular weight excluding hydrogens is 418 g/mol. The molecule has 0 fully saturated rings. The monoisotopic (exact) mass is 444 g/mol. The summed E-state index contributed by atoms with van der Waals surface area (Å²) in [6, 6.07) is 4.75. The van der Waals surface area contributed by atoms with Crippen LogP contribution < -0.4 is 4.74 Å². The molecule has 0 radical (unpaired) electrons. The van der Waals surface area contributed by atoms with E-state index in [2.05, 4.69) is 11.7 Å². The van der Waals surface area contributed by atoms with E-state index < -0.39 is 35.5 Å². The smallest absolute Gasteiger partial charge is 0.403 e. The molecule has 2 aromatic rings. The van der Waals surface area contributed by atoms with E-state index in [1.807, 2.05) is 0 Å². The summed E-state index contributed by atoms with van der Waals surface area (Å²) in [5, 5.41) is 0. The molecule has 2 aromatic carbocycles. The van der Waals surface area contributed by atoms with Crippen LogP contribution in [0.25, 0.3) is 0 Å². The minimum atomic E-state index is -4.99. The minimum absolute atomic E-state index is 0.0311. The third-order valence-electron chi connectivity index (χ3n) is 5.82. The highest BCUT2D eigenvalue weighted by Gasteiger charge is 2.34. The summed E-state index contributed by atoms with van der Waals surface area (Å²) in [5.41, 5.74) is 1.53. The zero-order valence-corrected chi connectivity index (χ0v) is 17.4. The summed E-state index contributed by atoms with van der Waals surface area (Å²) in [5.74, 6) is -3.76. The molecule has 1 aliphatic rings. The van der Waals surface area contributed by atoms with Crippen LogP contribution in [-0.4, -0.2) is 6.36 Å². The van der Waals surface area contributed by atoms with E-state index in [1.54, 1.807) is 0 Å². The van der Waals surface area contributed by atoms with Crippen LogP contribution in [-0.2, 0) is 19.3 Å². The number of unbranched alkanes of at least 4 members (excludes halogenated alkanes) is 4. The maximum atomic E-state index is 14.8. The normalized spacial score (nSPS) is 16.3. The highest BCUT2D eigenvalue weighted by atomic mass is 19.4. The van der Waals surface area contributed by atoms with Crippen LogP contribution >= 0.6 is 0 Å². The molecule has 0 aliphatic heterocycles. The summed E-state index contributed by atoms with van der Waals surface area (Å²) in [4.78, 5) is 0. The average Bonchev–Trinajstić information content (AvgIpc) is 2.67. The maximum Gasteiger partial charge on any atom is 0.573 e. The van der Waals surface area contributed by atoms with Crippen LogP contribution in [0.1, 0.15) is 73.6 Å². The molecule has 1 nitrogen and oxygen atoms in total. The number of hydrogen-bond acceptors (Lipinski definition) is 1. The molecule has 0 spiro atoms. The van der Waals surface area contributed by atoms with Crippen molar-refractivity contribution in [2.45, 2.75) is 77.0 Å². The molecule has 3 rings (SSSR count). The fourth-order valence-electron chi connectivity index (χ4n) is 4.31. The first-order valence-corrected chi connectivity index (χ1v) is 10.7. The standard InChI is InChI=1S/C24H26F6O/c1-2-3-4-5-6-7-15-10-20(26)23(21(27)11-15)17-9-8-16-14-22(31-24(28,29)30)19(25)13-18(16)12-17/h10-11,13-14,17H,2-9,12H2,1H3. The SMILES string of the molecule is CCCCCCCc1cc(F)c(C2CCc3cc(OC(F)(F)F)c(F)cc3C2)c(F)c1. The molecular formula is C24H26F6O. The van der Waals surface area contributed by atoms with Gasteiger partial charge in [0.2, 0.25) is 0 Å². The van der Waals surface area contributed by atoms with Gasteiger partial charge >= 0.3 is 6.36 Å². The first-order chi connectivity index (χ1) is 14.7. The van der Waals surface area contributed by atoms with Crippen molar-refractivity contribution < 1.29 is 31.1 Å². The Labute approximate surface area is 178 Å². The molecule has 0 amide bonds. The van der Waals surface area contributed by atoms with Gasteiger partial charge in [-0.05, 0) is 79.0 Å². The topological polar surface area (TPSA) is 9.23 Å². The molecule has 0 saturated carbocycles. The van der Waals surface area contributed by atoms with Crippen molar-refractivity contribution in [2.75, 3.05) is 0 Å². The van der Waals surface area contributed by atoms with E-state index in [9.17, 15) is 26.3 Å². The summed E-state index contributed by atoms with van der Waals surface area (Å²) < 4.78 is 84.6. The van der Waals surface area contributed by atoms with Crippen molar-refractivity contribution in [1.29, 1.82) is 0 Å². The van der Waals surface area contributed by atoms with Crippen LogP contribution in [0.5, 0.6) is 5.75 Å². The van der Waals surface area contributed by atoms with Crippen molar-refractivity contribution in [2.24, 2.45) is 0 Å². The number of alkyl halides is 3. The zero-order valence-electron chi connectivity index (χ0n) is 17.4. The number of rotatable bonds is 8. The summed E-state index contributed by atoms with van der Waals surface area (Å²) in [6.07, 6.45) is 1.69. The Bertz CT molecular complexity index is 883. The molecule has 0 saturated heterocycles. The summed E-state index contributed by atoms with van der Waals surface area (Å²) in [7, 11) is 0. The quantitative estimate of drug-likeness (QED) is 0.298. The fourth-order valence-corrected chi connectivity index (χ4v) is 4.31. The van der Waals surface area contributed by atoms with Crippen LogP contribution in [0.4, 0.5) is 26.3 Å². The van der Waals surface area contributed by atoms with Gasteiger partial charge in [0.1, 0.15) is 11.6 Å². The zero-order chi connectivity index (χ0) is 22.6. The summed E-state index contributed by atoms with van der Waals surface area (Å²) >= 11 is 0. The van der Waals surface area contributed by atoms with Crippen molar-refractivity contribution in [3.63, 3.8) is 0 Å². The van der Waals surface area contributed by atoms with Gasteiger partial charge in [-0.2, -0.15) is 0 Å². The van der Waals surface area contributed by atoms with Gasteiger partial charge in [0.05, 0.1) is 0 Å². The van der Waals surface area contributed by atoms with E-state index in [1.165, 1.54) is 12.1 Å². The van der Waals surface area contributed by atoms with E-state index in [0.29, 0.717) is 29.5 Å². The molecule has 7 heteroatoms. The molecule has 170 valence electrons. The van der Waals surface area contributed by atoms with E-state index in [0.717, 1.165) is 44.2 Å². The Hall–Kier alpha value is -2.18. The highest BCUT2D eigenvalue weighted by molar-refractivity contribution is 5.41. The number of hydrogen-bond donors (Lipinski definition) is 0. The van der Waals surface area contributed by atoms with Gasteiger partial charge in [0, 0.05) is 5.56 Å². The van der Waals surface area contributed by atoms with E-state index in [4.69, 9.17) is 0 Å². The minimum Gasteiger partial charge on any atom is -0.403 e. The maximum absolute atomic E-state index is 14.8. The van der Waals surface area contributed by atoms with Gasteiger partial charge in [0.25, 0.3) is 0 Å². The molecule has 31 heavy (non-hydrogen) atoms. The van der Waals surface area contributed by atoms with Crippen molar-refractivity contribution >= 4 is 0 Å². The van der Waals surface area contributed by atoms with Gasteiger partial charge in [-0.1, -0.05) is 32.6 Å². The van der Waals surface area contributed by atoms with Crippen LogP contribution in [0.2, 0.25) is 0 Å². The van der Waals surface area contributed by atoms with Gasteiger partial charge in [0.15, 0.2) is 11.6 Å². The highest BCUT2D eigenvalue weighted by Crippen LogP contribution is 2.38. The van der Waals surface area contributed by atoms with Crippen LogP contribution in [0.15, 0.2) is 24.3 Å². The molecule has 0 heterocycles. The first-order valence-electron chi connectivity index (χ1n) is 10.7.